The molecule has 1 aliphatic rings. The van der Waals surface area contributed by atoms with E-state index in [4.69, 9.17) is 4.42 Å². The summed E-state index contributed by atoms with van der Waals surface area (Å²) in [5.74, 6) is 1.90. The molecule has 4 heteroatoms. The van der Waals surface area contributed by atoms with Crippen molar-refractivity contribution in [2.24, 2.45) is 4.99 Å². The van der Waals surface area contributed by atoms with E-state index in [1.165, 1.54) is 11.8 Å². The van der Waals surface area contributed by atoms with Crippen LogP contribution in [0.5, 0.6) is 0 Å². The Balaban J connectivity index is 2.32. The van der Waals surface area contributed by atoms with Gasteiger partial charge in [0.2, 0.25) is 0 Å². The number of amides is 1. The van der Waals surface area contributed by atoms with Gasteiger partial charge in [0.1, 0.15) is 10.8 Å². The van der Waals surface area contributed by atoms with Gasteiger partial charge in [0, 0.05) is 0 Å². The monoisotopic (exact) mass is 181 g/mol. The Hall–Kier alpha value is -1.03. The molecular formula is C8H7NO2S. The van der Waals surface area contributed by atoms with Gasteiger partial charge in [-0.05, 0) is 19.1 Å². The molecule has 62 valence electrons. The number of nitrogens with zero attached hydrogens (tertiary/aromatic N) is 1. The standard InChI is InChI=1S/C8H7NO2S/c1-5-2-3-6(11-5)8-9-7(10)4-12-8/h2-3H,4H2,1H3. The summed E-state index contributed by atoms with van der Waals surface area (Å²) in [6.45, 7) is 1.87. The van der Waals surface area contributed by atoms with Crippen LogP contribution in [0.4, 0.5) is 0 Å². The van der Waals surface area contributed by atoms with Gasteiger partial charge in [0.05, 0.1) is 5.75 Å². The fourth-order valence-corrected chi connectivity index (χ4v) is 1.73. The molecule has 2 heterocycles. The van der Waals surface area contributed by atoms with Crippen LogP contribution in [-0.2, 0) is 4.79 Å². The maximum Gasteiger partial charge on any atom is 0.257 e. The summed E-state index contributed by atoms with van der Waals surface area (Å²) >= 11 is 1.42. The number of carbonyl (C=O) groups is 1. The molecule has 0 radical (unpaired) electrons. The van der Waals surface area contributed by atoms with E-state index in [1.807, 2.05) is 19.1 Å². The maximum atomic E-state index is 10.8. The van der Waals surface area contributed by atoms with Crippen LogP contribution in [0, 0.1) is 6.92 Å². The molecule has 3 nitrogen and oxygen atoms in total. The Kier molecular flexibility index (Phi) is 1.77. The van der Waals surface area contributed by atoms with E-state index in [2.05, 4.69) is 4.99 Å². The molecule has 1 aromatic rings. The first-order valence-corrected chi connectivity index (χ1v) is 4.55. The predicted molar refractivity (Wildman–Crippen MR) is 47.4 cm³/mol. The molecule has 0 atom stereocenters. The number of rotatable bonds is 1. The van der Waals surface area contributed by atoms with Crippen LogP contribution in [-0.4, -0.2) is 16.7 Å². The van der Waals surface area contributed by atoms with Crippen molar-refractivity contribution < 1.29 is 9.21 Å². The average molecular weight is 181 g/mol. The highest BCUT2D eigenvalue weighted by Crippen LogP contribution is 2.21. The number of hydrogen-bond donors (Lipinski definition) is 0. The molecule has 0 aliphatic carbocycles. The number of thioether (sulfide) groups is 1. The Morgan fingerprint density at radius 1 is 1.58 bits per heavy atom. The second kappa shape index (κ2) is 2.79. The van der Waals surface area contributed by atoms with Crippen molar-refractivity contribution in [2.75, 3.05) is 5.75 Å². The van der Waals surface area contributed by atoms with E-state index in [-0.39, 0.29) is 5.91 Å². The lowest BCUT2D eigenvalue weighted by molar-refractivity contribution is -0.115. The van der Waals surface area contributed by atoms with Crippen molar-refractivity contribution in [3.8, 4) is 0 Å². The van der Waals surface area contributed by atoms with E-state index in [9.17, 15) is 4.79 Å². The Morgan fingerprint density at radius 3 is 2.92 bits per heavy atom. The number of carbonyl (C=O) groups excluding carboxylic acids is 1. The fraction of sp³-hybridized carbons (Fsp3) is 0.250. The molecule has 0 bridgehead atoms. The molecular weight excluding hydrogens is 174 g/mol. The van der Waals surface area contributed by atoms with E-state index in [0.29, 0.717) is 16.6 Å². The summed E-state index contributed by atoms with van der Waals surface area (Å²) < 4.78 is 5.31. The van der Waals surface area contributed by atoms with E-state index < -0.39 is 0 Å². The van der Waals surface area contributed by atoms with Crippen LogP contribution in [0.25, 0.3) is 0 Å². The third-order valence-corrected chi connectivity index (χ3v) is 2.47. The number of aryl methyl sites for hydroxylation is 1. The van der Waals surface area contributed by atoms with Gasteiger partial charge in [-0.3, -0.25) is 4.79 Å². The minimum atomic E-state index is -0.0796. The van der Waals surface area contributed by atoms with Gasteiger partial charge in [-0.25, -0.2) is 4.99 Å². The van der Waals surface area contributed by atoms with Crippen molar-refractivity contribution in [3.05, 3.63) is 23.7 Å². The van der Waals surface area contributed by atoms with E-state index in [1.54, 1.807) is 0 Å². The molecule has 1 amide bonds. The first kappa shape index (κ1) is 7.61. The van der Waals surface area contributed by atoms with Crippen LogP contribution >= 0.6 is 11.8 Å². The smallest absolute Gasteiger partial charge is 0.257 e. The zero-order chi connectivity index (χ0) is 8.55. The van der Waals surface area contributed by atoms with Crippen molar-refractivity contribution in [2.45, 2.75) is 6.92 Å². The molecule has 0 aromatic carbocycles. The maximum absolute atomic E-state index is 10.8. The molecule has 1 aliphatic heterocycles. The second-order valence-electron chi connectivity index (χ2n) is 2.51. The number of hydrogen-bond acceptors (Lipinski definition) is 3. The van der Waals surface area contributed by atoms with Crippen molar-refractivity contribution in [1.82, 2.24) is 0 Å². The lowest BCUT2D eigenvalue weighted by atomic mass is 10.4. The molecule has 1 aromatic heterocycles. The van der Waals surface area contributed by atoms with Crippen molar-refractivity contribution in [1.29, 1.82) is 0 Å². The SMILES string of the molecule is Cc1ccc(C2=NC(=O)CS2)o1. The number of aliphatic imine (C=N–C) groups is 1. The van der Waals surface area contributed by atoms with E-state index in [0.717, 1.165) is 5.76 Å². The molecule has 0 spiro atoms. The lowest BCUT2D eigenvalue weighted by Gasteiger charge is -1.90. The van der Waals surface area contributed by atoms with Crippen LogP contribution in [0.15, 0.2) is 21.5 Å². The summed E-state index contributed by atoms with van der Waals surface area (Å²) in [6, 6.07) is 3.70. The largest absolute Gasteiger partial charge is 0.459 e. The quantitative estimate of drug-likeness (QED) is 0.661. The zero-order valence-corrected chi connectivity index (χ0v) is 7.35. The molecule has 0 unspecified atom stereocenters. The third kappa shape index (κ3) is 1.30. The molecule has 0 saturated carbocycles. The van der Waals surface area contributed by atoms with Gasteiger partial charge in [-0.2, -0.15) is 0 Å². The predicted octanol–water partition coefficient (Wildman–Crippen LogP) is 1.61. The van der Waals surface area contributed by atoms with Crippen LogP contribution in [0.1, 0.15) is 11.5 Å². The highest BCUT2D eigenvalue weighted by atomic mass is 32.2. The minimum absolute atomic E-state index is 0.0796. The Morgan fingerprint density at radius 2 is 2.42 bits per heavy atom. The van der Waals surface area contributed by atoms with Crippen LogP contribution in [0.3, 0.4) is 0 Å². The summed E-state index contributed by atoms with van der Waals surface area (Å²) in [6.07, 6.45) is 0. The summed E-state index contributed by atoms with van der Waals surface area (Å²) in [5, 5.41) is 0.702. The second-order valence-corrected chi connectivity index (χ2v) is 3.47. The van der Waals surface area contributed by atoms with Crippen molar-refractivity contribution in [3.63, 3.8) is 0 Å². The topological polar surface area (TPSA) is 42.6 Å². The van der Waals surface area contributed by atoms with Gasteiger partial charge < -0.3 is 4.42 Å². The Bertz CT molecular complexity index is 354. The first-order valence-electron chi connectivity index (χ1n) is 3.57. The van der Waals surface area contributed by atoms with Gasteiger partial charge in [-0.1, -0.05) is 11.8 Å². The van der Waals surface area contributed by atoms with Gasteiger partial charge >= 0.3 is 0 Å². The fourth-order valence-electron chi connectivity index (χ4n) is 0.984. The minimum Gasteiger partial charge on any atom is -0.459 e. The Labute approximate surface area is 73.9 Å². The third-order valence-electron chi connectivity index (χ3n) is 1.51. The molecule has 0 N–H and O–H groups in total. The van der Waals surface area contributed by atoms with Crippen molar-refractivity contribution >= 4 is 22.7 Å². The normalized spacial score (nSPS) is 16.8. The highest BCUT2D eigenvalue weighted by Gasteiger charge is 2.18. The van der Waals surface area contributed by atoms with Gasteiger partial charge in [0.25, 0.3) is 5.91 Å². The molecule has 0 fully saturated rings. The summed E-state index contributed by atoms with van der Waals surface area (Å²) in [5.41, 5.74) is 0. The van der Waals surface area contributed by atoms with Crippen LogP contribution < -0.4 is 0 Å². The summed E-state index contributed by atoms with van der Waals surface area (Å²) in [4.78, 5) is 14.6. The number of furan rings is 1. The summed E-state index contributed by atoms with van der Waals surface area (Å²) in [7, 11) is 0. The lowest BCUT2D eigenvalue weighted by Crippen LogP contribution is -1.87. The highest BCUT2D eigenvalue weighted by molar-refractivity contribution is 8.15. The first-order chi connectivity index (χ1) is 5.75. The van der Waals surface area contributed by atoms with Crippen LogP contribution in [0.2, 0.25) is 0 Å². The van der Waals surface area contributed by atoms with E-state index >= 15 is 0 Å². The van der Waals surface area contributed by atoms with Gasteiger partial charge in [0.15, 0.2) is 5.76 Å². The van der Waals surface area contributed by atoms with Gasteiger partial charge in [-0.15, -0.1) is 0 Å². The average Bonchev–Trinajstić information content (AvgIpc) is 2.58. The zero-order valence-electron chi connectivity index (χ0n) is 6.53. The molecule has 2 rings (SSSR count). The molecule has 12 heavy (non-hydrogen) atoms. The molecule has 0 saturated heterocycles.